The molecular formula is C18H35ClN4O2. The molecule has 1 unspecified atom stereocenters. The highest BCUT2D eigenvalue weighted by Crippen LogP contribution is 2.18. The lowest BCUT2D eigenvalue weighted by molar-refractivity contribution is -0.135. The zero-order valence-corrected chi connectivity index (χ0v) is 16.6. The average Bonchev–Trinajstić information content (AvgIpc) is 2.63. The molecule has 0 aromatic rings. The van der Waals surface area contributed by atoms with Gasteiger partial charge in [-0.1, -0.05) is 0 Å². The van der Waals surface area contributed by atoms with Gasteiger partial charge in [-0.3, -0.25) is 9.69 Å². The van der Waals surface area contributed by atoms with Crippen LogP contribution in [0.3, 0.4) is 0 Å². The molecular weight excluding hydrogens is 340 g/mol. The lowest BCUT2D eigenvalue weighted by Gasteiger charge is -2.42. The summed E-state index contributed by atoms with van der Waals surface area (Å²) in [5.74, 6) is 0.268. The molecule has 7 heteroatoms. The van der Waals surface area contributed by atoms with E-state index in [1.807, 2.05) is 6.92 Å². The molecule has 6 nitrogen and oxygen atoms in total. The molecule has 0 saturated carbocycles. The van der Waals surface area contributed by atoms with Crippen molar-refractivity contribution in [3.63, 3.8) is 0 Å². The molecule has 25 heavy (non-hydrogen) atoms. The number of amides is 1. The minimum atomic E-state index is -0.0806. The minimum Gasteiger partial charge on any atom is -0.381 e. The van der Waals surface area contributed by atoms with Crippen molar-refractivity contribution in [2.45, 2.75) is 50.7 Å². The Hall–Kier alpha value is -0.400. The van der Waals surface area contributed by atoms with Crippen LogP contribution in [-0.4, -0.2) is 98.3 Å². The van der Waals surface area contributed by atoms with Crippen LogP contribution in [0, 0.1) is 0 Å². The van der Waals surface area contributed by atoms with Crippen LogP contribution in [0.1, 0.15) is 32.6 Å². The molecule has 0 radical (unpaired) electrons. The number of hydrogen-bond donors (Lipinski definition) is 1. The van der Waals surface area contributed by atoms with Crippen molar-refractivity contribution in [1.29, 1.82) is 0 Å². The largest absolute Gasteiger partial charge is 0.381 e. The maximum atomic E-state index is 12.7. The van der Waals surface area contributed by atoms with Gasteiger partial charge in [-0.05, 0) is 52.7 Å². The van der Waals surface area contributed by atoms with Gasteiger partial charge in [0, 0.05) is 51.5 Å². The second kappa shape index (κ2) is 10.1. The van der Waals surface area contributed by atoms with Crippen LogP contribution in [0.5, 0.6) is 0 Å². The molecule has 3 heterocycles. The van der Waals surface area contributed by atoms with E-state index in [-0.39, 0.29) is 24.4 Å². The number of nitrogens with zero attached hydrogens (tertiary/aromatic N) is 3. The molecule has 3 rings (SSSR count). The third kappa shape index (κ3) is 5.79. The van der Waals surface area contributed by atoms with Crippen LogP contribution in [0.15, 0.2) is 0 Å². The van der Waals surface area contributed by atoms with Crippen molar-refractivity contribution in [3.8, 4) is 0 Å². The third-order valence-electron chi connectivity index (χ3n) is 5.91. The molecule has 1 atom stereocenters. The van der Waals surface area contributed by atoms with E-state index in [4.69, 9.17) is 4.74 Å². The Kier molecular flexibility index (Phi) is 8.42. The molecule has 0 spiro atoms. The van der Waals surface area contributed by atoms with E-state index in [0.717, 1.165) is 58.3 Å². The van der Waals surface area contributed by atoms with Crippen molar-refractivity contribution in [2.24, 2.45) is 0 Å². The van der Waals surface area contributed by atoms with Crippen LogP contribution in [0.2, 0.25) is 0 Å². The molecule has 3 aliphatic heterocycles. The van der Waals surface area contributed by atoms with E-state index in [9.17, 15) is 4.79 Å². The first kappa shape index (κ1) is 20.9. The molecule has 0 bridgehead atoms. The summed E-state index contributed by atoms with van der Waals surface area (Å²) in [7, 11) is 2.21. The topological polar surface area (TPSA) is 48.1 Å². The quantitative estimate of drug-likeness (QED) is 0.789. The fraction of sp³-hybridized carbons (Fsp3) is 0.944. The lowest BCUT2D eigenvalue weighted by atomic mass is 10.0. The summed E-state index contributed by atoms with van der Waals surface area (Å²) in [5.41, 5.74) is 0. The van der Waals surface area contributed by atoms with Crippen molar-refractivity contribution in [3.05, 3.63) is 0 Å². The third-order valence-corrected chi connectivity index (χ3v) is 5.91. The van der Waals surface area contributed by atoms with Gasteiger partial charge in [-0.2, -0.15) is 0 Å². The molecule has 3 saturated heterocycles. The average molecular weight is 375 g/mol. The predicted molar refractivity (Wildman–Crippen MR) is 102 cm³/mol. The number of piperazine rings is 1. The van der Waals surface area contributed by atoms with Gasteiger partial charge >= 0.3 is 0 Å². The van der Waals surface area contributed by atoms with Crippen molar-refractivity contribution >= 4 is 18.3 Å². The fourth-order valence-corrected chi connectivity index (χ4v) is 4.23. The molecule has 0 aliphatic carbocycles. The highest BCUT2D eigenvalue weighted by molar-refractivity contribution is 5.85. The smallest absolute Gasteiger partial charge is 0.239 e. The normalized spacial score (nSPS) is 26.2. The molecule has 1 N–H and O–H groups in total. The number of hydrogen-bond acceptors (Lipinski definition) is 5. The number of carbonyl (C=O) groups excluding carboxylic acids is 1. The van der Waals surface area contributed by atoms with E-state index in [1.165, 1.54) is 25.9 Å². The molecule has 3 fully saturated rings. The highest BCUT2D eigenvalue weighted by atomic mass is 35.5. The number of likely N-dealkylation sites (tertiary alicyclic amines) is 1. The first-order valence-corrected chi connectivity index (χ1v) is 9.68. The summed E-state index contributed by atoms with van der Waals surface area (Å²) in [5, 5.41) is 3.50. The minimum absolute atomic E-state index is 0. The number of piperidine rings is 1. The Labute approximate surface area is 158 Å². The summed E-state index contributed by atoms with van der Waals surface area (Å²) in [6, 6.07) is 1.07. The molecule has 1 amide bonds. The Bertz CT molecular complexity index is 404. The van der Waals surface area contributed by atoms with Crippen LogP contribution in [-0.2, 0) is 9.53 Å². The standard InChI is InChI=1S/C18H34N4O2.ClH/c1-15(19-16-5-13-24-14-6-16)18(23)22-11-9-21(10-12-22)17-3-7-20(2)8-4-17;/h15-17,19H,3-14H2,1-2H3;1H. The molecule has 0 aromatic carbocycles. The monoisotopic (exact) mass is 374 g/mol. The van der Waals surface area contributed by atoms with Crippen molar-refractivity contribution < 1.29 is 9.53 Å². The van der Waals surface area contributed by atoms with Crippen LogP contribution in [0.25, 0.3) is 0 Å². The van der Waals surface area contributed by atoms with E-state index < -0.39 is 0 Å². The van der Waals surface area contributed by atoms with E-state index in [1.54, 1.807) is 0 Å². The highest BCUT2D eigenvalue weighted by Gasteiger charge is 2.30. The van der Waals surface area contributed by atoms with Gasteiger partial charge in [0.15, 0.2) is 0 Å². The van der Waals surface area contributed by atoms with Gasteiger partial charge in [-0.25, -0.2) is 0 Å². The fourth-order valence-electron chi connectivity index (χ4n) is 4.23. The Morgan fingerprint density at radius 1 is 1.00 bits per heavy atom. The van der Waals surface area contributed by atoms with Crippen LogP contribution >= 0.6 is 12.4 Å². The number of nitrogens with one attached hydrogen (secondary N) is 1. The van der Waals surface area contributed by atoms with Crippen molar-refractivity contribution in [1.82, 2.24) is 20.0 Å². The Morgan fingerprint density at radius 3 is 2.20 bits per heavy atom. The van der Waals surface area contributed by atoms with Gasteiger partial charge in [-0.15, -0.1) is 12.4 Å². The van der Waals surface area contributed by atoms with Crippen LogP contribution in [0.4, 0.5) is 0 Å². The van der Waals surface area contributed by atoms with Gasteiger partial charge in [0.1, 0.15) is 0 Å². The molecule has 146 valence electrons. The van der Waals surface area contributed by atoms with E-state index >= 15 is 0 Å². The first-order chi connectivity index (χ1) is 11.6. The second-order valence-corrected chi connectivity index (χ2v) is 7.67. The summed E-state index contributed by atoms with van der Waals surface area (Å²) in [6.45, 7) is 9.87. The number of rotatable bonds is 4. The maximum absolute atomic E-state index is 12.7. The van der Waals surface area contributed by atoms with Crippen molar-refractivity contribution in [2.75, 3.05) is 59.5 Å². The van der Waals surface area contributed by atoms with Gasteiger partial charge in [0.05, 0.1) is 6.04 Å². The predicted octanol–water partition coefficient (Wildman–Crippen LogP) is 0.804. The summed E-state index contributed by atoms with van der Waals surface area (Å²) in [6.07, 6.45) is 4.57. The maximum Gasteiger partial charge on any atom is 0.239 e. The van der Waals surface area contributed by atoms with Gasteiger partial charge < -0.3 is 19.9 Å². The Morgan fingerprint density at radius 2 is 1.60 bits per heavy atom. The lowest BCUT2D eigenvalue weighted by Crippen LogP contribution is -2.57. The number of carbonyl (C=O) groups is 1. The first-order valence-electron chi connectivity index (χ1n) is 9.68. The summed E-state index contributed by atoms with van der Waals surface area (Å²) < 4.78 is 5.39. The van der Waals surface area contributed by atoms with E-state index in [2.05, 4.69) is 27.1 Å². The van der Waals surface area contributed by atoms with E-state index in [0.29, 0.717) is 6.04 Å². The second-order valence-electron chi connectivity index (χ2n) is 7.67. The van der Waals surface area contributed by atoms with Crippen LogP contribution < -0.4 is 5.32 Å². The zero-order valence-electron chi connectivity index (χ0n) is 15.8. The number of ether oxygens (including phenoxy) is 1. The summed E-state index contributed by atoms with van der Waals surface area (Å²) in [4.78, 5) is 19.8. The van der Waals surface area contributed by atoms with Gasteiger partial charge in [0.2, 0.25) is 5.91 Å². The Balaban J connectivity index is 0.00000225. The number of halogens is 1. The summed E-state index contributed by atoms with van der Waals surface area (Å²) >= 11 is 0. The molecule has 0 aromatic heterocycles. The zero-order chi connectivity index (χ0) is 16.9. The van der Waals surface area contributed by atoms with Gasteiger partial charge in [0.25, 0.3) is 0 Å². The molecule has 3 aliphatic rings. The SMILES string of the molecule is CC(NC1CCOCC1)C(=O)N1CCN(C2CCN(C)CC2)CC1.Cl.